The monoisotopic (exact) mass is 448 g/mol. The summed E-state index contributed by atoms with van der Waals surface area (Å²) in [5.74, 6) is 4.21. The van der Waals surface area contributed by atoms with E-state index in [2.05, 4.69) is 30.8 Å². The van der Waals surface area contributed by atoms with Crippen LogP contribution in [0, 0.1) is 0 Å². The van der Waals surface area contributed by atoms with Gasteiger partial charge in [0.2, 0.25) is 5.95 Å². The number of methoxy groups -OCH3 is 4. The van der Waals surface area contributed by atoms with Gasteiger partial charge in [0.15, 0.2) is 5.82 Å². The van der Waals surface area contributed by atoms with Gasteiger partial charge < -0.3 is 34.6 Å². The summed E-state index contributed by atoms with van der Waals surface area (Å²) in [6, 6.07) is 14.7. The molecule has 0 radical (unpaired) electrons. The van der Waals surface area contributed by atoms with Crippen LogP contribution in [-0.4, -0.2) is 48.6 Å². The molecule has 0 amide bonds. The molecule has 2 aromatic carbocycles. The minimum Gasteiger partial charge on any atom is -0.497 e. The number of aromatic amines is 1. The first kappa shape index (κ1) is 21.8. The molecule has 4 aromatic rings. The zero-order valence-electron chi connectivity index (χ0n) is 18.7. The normalized spacial score (nSPS) is 10.4. The maximum Gasteiger partial charge on any atom is 0.226 e. The average Bonchev–Trinajstić information content (AvgIpc) is 3.32. The summed E-state index contributed by atoms with van der Waals surface area (Å²) in [7, 11) is 6.41. The number of pyridine rings is 1. The fourth-order valence-electron chi connectivity index (χ4n) is 3.19. The summed E-state index contributed by atoms with van der Waals surface area (Å²) in [6.45, 7) is 0. The first-order valence-electron chi connectivity index (χ1n) is 10.0. The van der Waals surface area contributed by atoms with Crippen molar-refractivity contribution in [3.8, 4) is 34.4 Å². The van der Waals surface area contributed by atoms with Crippen molar-refractivity contribution < 1.29 is 18.9 Å². The van der Waals surface area contributed by atoms with Gasteiger partial charge in [-0.25, -0.2) is 4.98 Å². The van der Waals surface area contributed by atoms with Gasteiger partial charge in [0, 0.05) is 36.1 Å². The molecule has 33 heavy (non-hydrogen) atoms. The smallest absolute Gasteiger partial charge is 0.226 e. The number of hydrogen-bond acceptors (Lipinski definition) is 9. The van der Waals surface area contributed by atoms with Crippen LogP contribution in [0.15, 0.2) is 54.7 Å². The number of aromatic nitrogens is 4. The lowest BCUT2D eigenvalue weighted by Crippen LogP contribution is -1.99. The second kappa shape index (κ2) is 9.77. The molecule has 2 aromatic heterocycles. The SMILES string of the molecule is COc1cc(Nc2ncccc2-c2nnc(Nc3cc(OC)ccc3OC)[nH]2)cc(OC)c1. The largest absolute Gasteiger partial charge is 0.497 e. The van der Waals surface area contributed by atoms with E-state index in [0.717, 1.165) is 11.3 Å². The standard InChI is InChI=1S/C23H24N6O4/c1-30-15-7-8-20(33-4)19(13-15)26-23-27-22(28-29-23)18-6-5-9-24-21(18)25-14-10-16(31-2)12-17(11-14)32-3/h5-13H,1-4H3,(H,24,25)(H2,26,27,28,29). The Balaban J connectivity index is 1.61. The average molecular weight is 448 g/mol. The molecule has 0 aliphatic rings. The van der Waals surface area contributed by atoms with Gasteiger partial charge in [-0.1, -0.05) is 0 Å². The van der Waals surface area contributed by atoms with E-state index in [1.165, 1.54) is 0 Å². The predicted octanol–water partition coefficient (Wildman–Crippen LogP) is 4.39. The van der Waals surface area contributed by atoms with E-state index in [1.807, 2.05) is 42.5 Å². The lowest BCUT2D eigenvalue weighted by molar-refractivity contribution is 0.395. The highest BCUT2D eigenvalue weighted by atomic mass is 16.5. The van der Waals surface area contributed by atoms with E-state index >= 15 is 0 Å². The molecular formula is C23H24N6O4. The van der Waals surface area contributed by atoms with Crippen LogP contribution in [0.4, 0.5) is 23.1 Å². The number of anilines is 4. The van der Waals surface area contributed by atoms with Gasteiger partial charge in [0.1, 0.15) is 28.8 Å². The molecular weight excluding hydrogens is 424 g/mol. The third-order valence-electron chi connectivity index (χ3n) is 4.82. The summed E-state index contributed by atoms with van der Waals surface area (Å²) in [4.78, 5) is 7.65. The van der Waals surface area contributed by atoms with E-state index in [9.17, 15) is 0 Å². The van der Waals surface area contributed by atoms with Crippen LogP contribution in [0.3, 0.4) is 0 Å². The van der Waals surface area contributed by atoms with Crippen molar-refractivity contribution in [2.45, 2.75) is 0 Å². The molecule has 0 spiro atoms. The van der Waals surface area contributed by atoms with Crippen molar-refractivity contribution in [3.63, 3.8) is 0 Å². The van der Waals surface area contributed by atoms with Crippen molar-refractivity contribution in [1.82, 2.24) is 20.2 Å². The number of ether oxygens (including phenoxy) is 4. The van der Waals surface area contributed by atoms with Crippen molar-refractivity contribution in [3.05, 3.63) is 54.7 Å². The number of benzene rings is 2. The summed E-state index contributed by atoms with van der Waals surface area (Å²) >= 11 is 0. The third kappa shape index (κ3) is 4.90. The second-order valence-corrected chi connectivity index (χ2v) is 6.84. The molecule has 0 saturated heterocycles. The van der Waals surface area contributed by atoms with Gasteiger partial charge in [-0.3, -0.25) is 0 Å². The van der Waals surface area contributed by atoms with E-state index in [1.54, 1.807) is 40.7 Å². The van der Waals surface area contributed by atoms with Gasteiger partial charge in [-0.2, -0.15) is 0 Å². The molecule has 0 aliphatic carbocycles. The quantitative estimate of drug-likeness (QED) is 0.343. The van der Waals surface area contributed by atoms with Crippen LogP contribution in [0.25, 0.3) is 11.4 Å². The number of nitrogens with zero attached hydrogens (tertiary/aromatic N) is 3. The number of H-pyrrole nitrogens is 1. The molecule has 3 N–H and O–H groups in total. The molecule has 10 nitrogen and oxygen atoms in total. The summed E-state index contributed by atoms with van der Waals surface area (Å²) < 4.78 is 21.4. The first-order valence-corrected chi connectivity index (χ1v) is 10.0. The molecule has 10 heteroatoms. The summed E-state index contributed by atoms with van der Waals surface area (Å²) in [5, 5.41) is 15.0. The fraction of sp³-hybridized carbons (Fsp3) is 0.174. The topological polar surface area (TPSA) is 115 Å². The Morgan fingerprint density at radius 3 is 2.21 bits per heavy atom. The van der Waals surface area contributed by atoms with Crippen LogP contribution in [-0.2, 0) is 0 Å². The summed E-state index contributed by atoms with van der Waals surface area (Å²) in [6.07, 6.45) is 1.69. The first-order chi connectivity index (χ1) is 16.1. The molecule has 0 bridgehead atoms. The second-order valence-electron chi connectivity index (χ2n) is 6.84. The molecule has 170 valence electrons. The maximum absolute atomic E-state index is 5.41. The molecule has 0 saturated carbocycles. The zero-order valence-corrected chi connectivity index (χ0v) is 18.7. The van der Waals surface area contributed by atoms with Gasteiger partial charge >= 0.3 is 0 Å². The lowest BCUT2D eigenvalue weighted by atomic mass is 10.2. The van der Waals surface area contributed by atoms with Crippen LogP contribution >= 0.6 is 0 Å². The van der Waals surface area contributed by atoms with Crippen molar-refractivity contribution >= 4 is 23.1 Å². The minimum atomic E-state index is 0.439. The fourth-order valence-corrected chi connectivity index (χ4v) is 3.19. The number of rotatable bonds is 9. The molecule has 2 heterocycles. The van der Waals surface area contributed by atoms with Gasteiger partial charge in [0.05, 0.1) is 39.7 Å². The Morgan fingerprint density at radius 2 is 1.52 bits per heavy atom. The molecule has 0 aliphatic heterocycles. The summed E-state index contributed by atoms with van der Waals surface area (Å²) in [5.41, 5.74) is 2.18. The Hall–Kier alpha value is -4.47. The Morgan fingerprint density at radius 1 is 0.758 bits per heavy atom. The van der Waals surface area contributed by atoms with Crippen LogP contribution < -0.4 is 29.6 Å². The number of hydrogen-bond donors (Lipinski definition) is 3. The van der Waals surface area contributed by atoms with Gasteiger partial charge in [-0.05, 0) is 24.3 Å². The highest BCUT2D eigenvalue weighted by Gasteiger charge is 2.14. The van der Waals surface area contributed by atoms with Gasteiger partial charge in [0.25, 0.3) is 0 Å². The third-order valence-corrected chi connectivity index (χ3v) is 4.82. The lowest BCUT2D eigenvalue weighted by Gasteiger charge is -2.12. The van der Waals surface area contributed by atoms with Crippen LogP contribution in [0.5, 0.6) is 23.0 Å². The Bertz CT molecular complexity index is 1220. The number of nitrogens with one attached hydrogen (secondary N) is 3. The van der Waals surface area contributed by atoms with E-state index < -0.39 is 0 Å². The molecule has 0 atom stereocenters. The van der Waals surface area contributed by atoms with Crippen molar-refractivity contribution in [2.75, 3.05) is 39.1 Å². The Labute approximate surface area is 190 Å². The van der Waals surface area contributed by atoms with Crippen LogP contribution in [0.1, 0.15) is 0 Å². The van der Waals surface area contributed by atoms with E-state index in [4.69, 9.17) is 18.9 Å². The molecule has 4 rings (SSSR count). The highest BCUT2D eigenvalue weighted by molar-refractivity contribution is 5.76. The van der Waals surface area contributed by atoms with Gasteiger partial charge in [-0.15, -0.1) is 10.2 Å². The molecule has 0 unspecified atom stereocenters. The Kier molecular flexibility index (Phi) is 6.44. The maximum atomic E-state index is 5.41. The van der Waals surface area contributed by atoms with Crippen molar-refractivity contribution in [2.24, 2.45) is 0 Å². The van der Waals surface area contributed by atoms with E-state index in [-0.39, 0.29) is 0 Å². The minimum absolute atomic E-state index is 0.439. The van der Waals surface area contributed by atoms with Crippen LogP contribution in [0.2, 0.25) is 0 Å². The zero-order chi connectivity index (χ0) is 23.2. The highest BCUT2D eigenvalue weighted by Crippen LogP contribution is 2.33. The van der Waals surface area contributed by atoms with Crippen molar-refractivity contribution in [1.29, 1.82) is 0 Å². The predicted molar refractivity (Wildman–Crippen MR) is 125 cm³/mol. The van der Waals surface area contributed by atoms with E-state index in [0.29, 0.717) is 46.3 Å². The molecule has 0 fully saturated rings.